The molecule has 0 bridgehead atoms. The maximum absolute atomic E-state index is 10.7. The van der Waals surface area contributed by atoms with Crippen LogP contribution in [0.25, 0.3) is 0 Å². The SMILES string of the molecule is CC([NH3+])COC1CC(C(=O)[O-])CCC1Cl. The number of hydrogen-bond donors (Lipinski definition) is 1. The van der Waals surface area contributed by atoms with Gasteiger partial charge in [0.2, 0.25) is 0 Å². The van der Waals surface area contributed by atoms with E-state index in [1.54, 1.807) is 0 Å². The van der Waals surface area contributed by atoms with Crippen molar-refractivity contribution < 1.29 is 20.4 Å². The van der Waals surface area contributed by atoms with Gasteiger partial charge in [-0.2, -0.15) is 0 Å². The van der Waals surface area contributed by atoms with Crippen molar-refractivity contribution in [3.05, 3.63) is 0 Å². The van der Waals surface area contributed by atoms with Gasteiger partial charge in [-0.1, -0.05) is 0 Å². The zero-order valence-corrected chi connectivity index (χ0v) is 9.70. The number of hydrogen-bond acceptors (Lipinski definition) is 3. The minimum absolute atomic E-state index is 0.0839. The molecule has 5 heteroatoms. The normalized spacial score (nSPS) is 33.7. The average Bonchev–Trinajstić information content (AvgIpc) is 2.16. The number of ether oxygens (including phenoxy) is 1. The van der Waals surface area contributed by atoms with Crippen LogP contribution in [0.4, 0.5) is 0 Å². The number of rotatable bonds is 4. The number of carboxylic acids is 1. The van der Waals surface area contributed by atoms with E-state index in [-0.39, 0.29) is 17.5 Å². The van der Waals surface area contributed by atoms with E-state index in [9.17, 15) is 9.90 Å². The van der Waals surface area contributed by atoms with Gasteiger partial charge < -0.3 is 20.4 Å². The summed E-state index contributed by atoms with van der Waals surface area (Å²) >= 11 is 6.08. The fraction of sp³-hybridized carbons (Fsp3) is 0.900. The zero-order chi connectivity index (χ0) is 11.4. The van der Waals surface area contributed by atoms with Crippen molar-refractivity contribution in [3.8, 4) is 0 Å². The van der Waals surface area contributed by atoms with Crippen LogP contribution in [0.1, 0.15) is 26.2 Å². The van der Waals surface area contributed by atoms with Crippen molar-refractivity contribution in [2.45, 2.75) is 43.7 Å². The molecule has 0 aromatic heterocycles. The molecule has 3 N–H and O–H groups in total. The third kappa shape index (κ3) is 3.97. The lowest BCUT2D eigenvalue weighted by molar-refractivity contribution is -0.422. The molecule has 0 heterocycles. The fourth-order valence-electron chi connectivity index (χ4n) is 1.77. The van der Waals surface area contributed by atoms with Crippen LogP contribution in [0.5, 0.6) is 0 Å². The van der Waals surface area contributed by atoms with Crippen LogP contribution in [0.15, 0.2) is 0 Å². The van der Waals surface area contributed by atoms with E-state index >= 15 is 0 Å². The Morgan fingerprint density at radius 3 is 2.87 bits per heavy atom. The minimum atomic E-state index is -0.991. The third-order valence-electron chi connectivity index (χ3n) is 2.64. The van der Waals surface area contributed by atoms with Gasteiger partial charge in [-0.25, -0.2) is 0 Å². The third-order valence-corrected chi connectivity index (χ3v) is 3.14. The Kier molecular flexibility index (Phi) is 4.83. The van der Waals surface area contributed by atoms with Crippen LogP contribution < -0.4 is 10.8 Å². The minimum Gasteiger partial charge on any atom is -0.550 e. The second-order valence-corrected chi connectivity index (χ2v) is 4.88. The van der Waals surface area contributed by atoms with Gasteiger partial charge in [0.1, 0.15) is 6.04 Å². The summed E-state index contributed by atoms with van der Waals surface area (Å²) in [7, 11) is 0. The largest absolute Gasteiger partial charge is 0.550 e. The molecule has 0 amide bonds. The van der Waals surface area contributed by atoms with Crippen LogP contribution in [-0.2, 0) is 9.53 Å². The van der Waals surface area contributed by atoms with Crippen molar-refractivity contribution in [1.29, 1.82) is 0 Å². The van der Waals surface area contributed by atoms with Crippen molar-refractivity contribution >= 4 is 17.6 Å². The van der Waals surface area contributed by atoms with E-state index in [0.29, 0.717) is 25.9 Å². The summed E-state index contributed by atoms with van der Waals surface area (Å²) in [6.07, 6.45) is 1.56. The summed E-state index contributed by atoms with van der Waals surface area (Å²) in [5, 5.41) is 10.6. The van der Waals surface area contributed by atoms with E-state index in [1.807, 2.05) is 6.92 Å². The standard InChI is InChI=1S/C10H18ClNO3/c1-6(12)5-15-9-4-7(10(13)14)2-3-8(9)11/h6-9H,2-5,12H2,1H3,(H,13,14). The maximum Gasteiger partial charge on any atom is 0.105 e. The second-order valence-electron chi connectivity index (χ2n) is 4.32. The number of carbonyl (C=O) groups excluding carboxylic acids is 1. The number of aliphatic carboxylic acids is 1. The number of halogens is 1. The zero-order valence-electron chi connectivity index (χ0n) is 8.95. The van der Waals surface area contributed by atoms with Crippen LogP contribution in [0.3, 0.4) is 0 Å². The molecular weight excluding hydrogens is 218 g/mol. The number of carbonyl (C=O) groups is 1. The topological polar surface area (TPSA) is 77.0 Å². The van der Waals surface area contributed by atoms with Crippen molar-refractivity contribution in [3.63, 3.8) is 0 Å². The first-order valence-corrected chi connectivity index (χ1v) is 5.74. The molecule has 0 radical (unpaired) electrons. The molecule has 0 saturated heterocycles. The molecule has 0 aliphatic heterocycles. The molecule has 88 valence electrons. The quantitative estimate of drug-likeness (QED) is 0.646. The van der Waals surface area contributed by atoms with Crippen molar-refractivity contribution in [1.82, 2.24) is 0 Å². The van der Waals surface area contributed by atoms with Gasteiger partial charge >= 0.3 is 0 Å². The first-order valence-electron chi connectivity index (χ1n) is 5.30. The highest BCUT2D eigenvalue weighted by molar-refractivity contribution is 6.21. The van der Waals surface area contributed by atoms with E-state index in [2.05, 4.69) is 5.73 Å². The summed E-state index contributed by atoms with van der Waals surface area (Å²) in [6.45, 7) is 2.47. The number of carboxylic acid groups (broad SMARTS) is 1. The Morgan fingerprint density at radius 2 is 2.33 bits per heavy atom. The van der Waals surface area contributed by atoms with Gasteiger partial charge in [-0.05, 0) is 26.2 Å². The van der Waals surface area contributed by atoms with Gasteiger partial charge in [-0.15, -0.1) is 11.6 Å². The van der Waals surface area contributed by atoms with Gasteiger partial charge in [-0.3, -0.25) is 0 Å². The lowest BCUT2D eigenvalue weighted by Gasteiger charge is -2.33. The number of alkyl halides is 1. The Balaban J connectivity index is 2.42. The average molecular weight is 236 g/mol. The summed E-state index contributed by atoms with van der Waals surface area (Å²) in [6, 6.07) is 0.192. The molecular formula is C10H18ClNO3. The highest BCUT2D eigenvalue weighted by Gasteiger charge is 2.30. The molecule has 1 aliphatic rings. The second kappa shape index (κ2) is 5.68. The van der Waals surface area contributed by atoms with Crippen molar-refractivity contribution in [2.24, 2.45) is 5.92 Å². The molecule has 1 fully saturated rings. The lowest BCUT2D eigenvalue weighted by atomic mass is 9.87. The van der Waals surface area contributed by atoms with E-state index < -0.39 is 11.9 Å². The molecule has 4 unspecified atom stereocenters. The Morgan fingerprint density at radius 1 is 1.67 bits per heavy atom. The number of quaternary nitrogens is 1. The van der Waals surface area contributed by atoms with Gasteiger partial charge in [0, 0.05) is 11.9 Å². The van der Waals surface area contributed by atoms with Crippen LogP contribution in [0.2, 0.25) is 0 Å². The molecule has 0 aromatic rings. The van der Waals surface area contributed by atoms with E-state index in [0.717, 1.165) is 0 Å². The summed E-state index contributed by atoms with van der Waals surface area (Å²) in [4.78, 5) is 10.7. The monoisotopic (exact) mass is 235 g/mol. The Bertz CT molecular complexity index is 223. The predicted octanol–water partition coefficient (Wildman–Crippen LogP) is -0.841. The molecule has 0 aromatic carbocycles. The lowest BCUT2D eigenvalue weighted by Crippen LogP contribution is -2.61. The highest BCUT2D eigenvalue weighted by Crippen LogP contribution is 2.29. The summed E-state index contributed by atoms with van der Waals surface area (Å²) in [5.41, 5.74) is 3.81. The van der Waals surface area contributed by atoms with Crippen LogP contribution in [-0.4, -0.2) is 30.1 Å². The molecule has 4 atom stereocenters. The fourth-order valence-corrected chi connectivity index (χ4v) is 2.07. The predicted molar refractivity (Wildman–Crippen MR) is 54.1 cm³/mol. The van der Waals surface area contributed by atoms with Gasteiger partial charge in [0.25, 0.3) is 0 Å². The van der Waals surface area contributed by atoms with Crippen molar-refractivity contribution in [2.75, 3.05) is 6.61 Å². The summed E-state index contributed by atoms with van der Waals surface area (Å²) < 4.78 is 5.55. The van der Waals surface area contributed by atoms with Crippen LogP contribution >= 0.6 is 11.6 Å². The Labute approximate surface area is 94.7 Å². The smallest absolute Gasteiger partial charge is 0.105 e. The molecule has 4 nitrogen and oxygen atoms in total. The molecule has 15 heavy (non-hydrogen) atoms. The highest BCUT2D eigenvalue weighted by atomic mass is 35.5. The van der Waals surface area contributed by atoms with E-state index in [4.69, 9.17) is 16.3 Å². The maximum atomic E-state index is 10.7. The molecule has 1 saturated carbocycles. The molecule has 1 aliphatic carbocycles. The first-order chi connectivity index (χ1) is 7.00. The first kappa shape index (κ1) is 12.7. The summed E-state index contributed by atoms with van der Waals surface area (Å²) in [5.74, 6) is -1.40. The van der Waals surface area contributed by atoms with Gasteiger partial charge in [0.05, 0.1) is 18.1 Å². The van der Waals surface area contributed by atoms with E-state index in [1.165, 1.54) is 0 Å². The van der Waals surface area contributed by atoms with Gasteiger partial charge in [0.15, 0.2) is 0 Å². The molecule has 0 spiro atoms. The Hall–Kier alpha value is -0.320. The molecule has 1 rings (SSSR count). The van der Waals surface area contributed by atoms with Crippen LogP contribution in [0, 0.1) is 5.92 Å².